The van der Waals surface area contributed by atoms with E-state index in [4.69, 9.17) is 4.52 Å². The molecular weight excluding hydrogens is 284 g/mol. The molecule has 0 aliphatic heterocycles. The average molecular weight is 299 g/mol. The number of carbonyl (C=O) groups is 1. The Morgan fingerprint density at radius 2 is 2.29 bits per heavy atom. The van der Waals surface area contributed by atoms with Crippen LogP contribution in [0, 0.1) is 6.92 Å². The molecule has 7 nitrogen and oxygen atoms in total. The first-order chi connectivity index (χ1) is 9.94. The van der Waals surface area contributed by atoms with E-state index in [0.717, 1.165) is 4.68 Å². The zero-order valence-corrected chi connectivity index (χ0v) is 11.5. The third-order valence-corrected chi connectivity index (χ3v) is 2.61. The molecule has 0 saturated carbocycles. The molecule has 0 radical (unpaired) electrons. The Morgan fingerprint density at radius 1 is 1.52 bits per heavy atom. The number of anilines is 2. The topological polar surface area (TPSA) is 85.0 Å². The summed E-state index contributed by atoms with van der Waals surface area (Å²) in [5.41, 5.74) is 1.13. The summed E-state index contributed by atoms with van der Waals surface area (Å²) < 4.78 is 30.4. The number of alkyl halides is 2. The fourth-order valence-corrected chi connectivity index (χ4v) is 1.65. The van der Waals surface area contributed by atoms with Gasteiger partial charge in [0.15, 0.2) is 0 Å². The number of halogens is 2. The first-order valence-corrected chi connectivity index (χ1v) is 6.25. The molecular formula is C12H15F2N5O2. The van der Waals surface area contributed by atoms with Gasteiger partial charge in [-0.25, -0.2) is 8.78 Å². The summed E-state index contributed by atoms with van der Waals surface area (Å²) in [6, 6.07) is 0.991. The molecule has 2 rings (SSSR count). The quantitative estimate of drug-likeness (QED) is 0.850. The zero-order chi connectivity index (χ0) is 15.4. The van der Waals surface area contributed by atoms with Crippen molar-refractivity contribution in [1.82, 2.24) is 14.9 Å². The lowest BCUT2D eigenvalue weighted by Crippen LogP contribution is -2.31. The number of nitrogens with zero attached hydrogens (tertiary/aromatic N) is 3. The van der Waals surface area contributed by atoms with Gasteiger partial charge in [-0.15, -0.1) is 0 Å². The van der Waals surface area contributed by atoms with Crippen LogP contribution < -0.4 is 10.6 Å². The minimum atomic E-state index is -2.48. The number of amides is 1. The lowest BCUT2D eigenvalue weighted by atomic mass is 10.3. The van der Waals surface area contributed by atoms with E-state index in [1.165, 1.54) is 12.4 Å². The number of nitrogens with one attached hydrogen (secondary N) is 2. The van der Waals surface area contributed by atoms with Crippen molar-refractivity contribution in [3.8, 4) is 0 Å². The smallest absolute Gasteiger partial charge is 0.257 e. The van der Waals surface area contributed by atoms with Crippen LogP contribution in [0.25, 0.3) is 0 Å². The van der Waals surface area contributed by atoms with Crippen LogP contribution in [0.2, 0.25) is 0 Å². The van der Waals surface area contributed by atoms with Gasteiger partial charge in [0, 0.05) is 12.3 Å². The summed E-state index contributed by atoms with van der Waals surface area (Å²) in [5, 5.41) is 12.8. The summed E-state index contributed by atoms with van der Waals surface area (Å²) >= 11 is 0. The molecule has 0 aliphatic carbocycles. The Balaban J connectivity index is 1.89. The van der Waals surface area contributed by atoms with Crippen molar-refractivity contribution < 1.29 is 18.1 Å². The second kappa shape index (κ2) is 6.33. The molecule has 0 fully saturated rings. The lowest BCUT2D eigenvalue weighted by molar-refractivity contribution is -0.116. The van der Waals surface area contributed by atoms with Crippen LogP contribution in [0.5, 0.6) is 0 Å². The van der Waals surface area contributed by atoms with Crippen LogP contribution in [0.4, 0.5) is 20.4 Å². The van der Waals surface area contributed by atoms with Crippen LogP contribution in [-0.2, 0) is 11.3 Å². The highest BCUT2D eigenvalue weighted by Crippen LogP contribution is 2.11. The highest BCUT2D eigenvalue weighted by molar-refractivity contribution is 5.95. The van der Waals surface area contributed by atoms with Gasteiger partial charge in [0.1, 0.15) is 12.6 Å². The van der Waals surface area contributed by atoms with E-state index in [1.807, 2.05) is 0 Å². The molecule has 0 aromatic carbocycles. The van der Waals surface area contributed by atoms with Crippen LogP contribution in [0.1, 0.15) is 12.6 Å². The normalized spacial score (nSPS) is 12.4. The number of aryl methyl sites for hydroxylation is 1. The Bertz CT molecular complexity index is 610. The first kappa shape index (κ1) is 14.9. The van der Waals surface area contributed by atoms with E-state index in [2.05, 4.69) is 20.9 Å². The number of hydrogen-bond acceptors (Lipinski definition) is 5. The molecule has 2 aromatic heterocycles. The fourth-order valence-electron chi connectivity index (χ4n) is 1.65. The maximum atomic E-state index is 12.2. The molecule has 2 heterocycles. The van der Waals surface area contributed by atoms with Gasteiger partial charge < -0.3 is 9.84 Å². The molecule has 2 aromatic rings. The molecule has 1 amide bonds. The molecule has 1 unspecified atom stereocenters. The summed E-state index contributed by atoms with van der Waals surface area (Å²) in [5.74, 6) is -0.0905. The van der Waals surface area contributed by atoms with Gasteiger partial charge in [0.2, 0.25) is 11.8 Å². The van der Waals surface area contributed by atoms with E-state index in [-0.39, 0.29) is 11.8 Å². The van der Waals surface area contributed by atoms with E-state index < -0.39 is 19.0 Å². The Morgan fingerprint density at radius 3 is 2.90 bits per heavy atom. The Labute approximate surface area is 119 Å². The zero-order valence-electron chi connectivity index (χ0n) is 11.5. The summed E-state index contributed by atoms with van der Waals surface area (Å²) in [6.45, 7) is 2.88. The highest BCUT2D eigenvalue weighted by atomic mass is 19.3. The van der Waals surface area contributed by atoms with Gasteiger partial charge in [0.25, 0.3) is 6.43 Å². The lowest BCUT2D eigenvalue weighted by Gasteiger charge is -2.12. The van der Waals surface area contributed by atoms with Gasteiger partial charge in [-0.1, -0.05) is 5.16 Å². The molecule has 0 saturated heterocycles. The molecule has 0 bridgehead atoms. The average Bonchev–Trinajstić information content (AvgIpc) is 2.98. The number of rotatable bonds is 6. The molecule has 1 atom stereocenters. The van der Waals surface area contributed by atoms with Crippen LogP contribution in [-0.4, -0.2) is 33.3 Å². The van der Waals surface area contributed by atoms with E-state index >= 15 is 0 Å². The van der Waals surface area contributed by atoms with Crippen molar-refractivity contribution in [3.63, 3.8) is 0 Å². The molecule has 2 N–H and O–H groups in total. The summed E-state index contributed by atoms with van der Waals surface area (Å²) in [4.78, 5) is 11.9. The van der Waals surface area contributed by atoms with Crippen molar-refractivity contribution >= 4 is 17.5 Å². The van der Waals surface area contributed by atoms with E-state index in [0.29, 0.717) is 11.4 Å². The molecule has 114 valence electrons. The maximum absolute atomic E-state index is 12.2. The second-order valence-electron chi connectivity index (χ2n) is 4.53. The van der Waals surface area contributed by atoms with Crippen molar-refractivity contribution in [2.75, 3.05) is 10.6 Å². The first-order valence-electron chi connectivity index (χ1n) is 6.25. The van der Waals surface area contributed by atoms with Crippen molar-refractivity contribution in [3.05, 3.63) is 24.2 Å². The number of carbonyl (C=O) groups excluding carboxylic acids is 1. The predicted molar refractivity (Wildman–Crippen MR) is 71.2 cm³/mol. The van der Waals surface area contributed by atoms with Crippen LogP contribution >= 0.6 is 0 Å². The SMILES string of the molecule is Cc1cc(NC(=O)C(C)Nc2cnn(CC(F)F)c2)on1. The van der Waals surface area contributed by atoms with Crippen molar-refractivity contribution in [1.29, 1.82) is 0 Å². The Hall–Kier alpha value is -2.45. The third-order valence-electron chi connectivity index (χ3n) is 2.61. The third kappa shape index (κ3) is 4.26. The monoisotopic (exact) mass is 299 g/mol. The van der Waals surface area contributed by atoms with Crippen molar-refractivity contribution in [2.24, 2.45) is 0 Å². The van der Waals surface area contributed by atoms with E-state index in [1.54, 1.807) is 19.9 Å². The van der Waals surface area contributed by atoms with Gasteiger partial charge >= 0.3 is 0 Å². The highest BCUT2D eigenvalue weighted by Gasteiger charge is 2.16. The van der Waals surface area contributed by atoms with E-state index in [9.17, 15) is 13.6 Å². The molecule has 0 spiro atoms. The van der Waals surface area contributed by atoms with Gasteiger partial charge in [-0.2, -0.15) is 5.10 Å². The Kier molecular flexibility index (Phi) is 4.51. The predicted octanol–water partition coefficient (Wildman–Crippen LogP) is 1.88. The van der Waals surface area contributed by atoms with Crippen molar-refractivity contribution in [2.45, 2.75) is 32.9 Å². The minimum absolute atomic E-state index is 0.250. The largest absolute Gasteiger partial charge is 0.371 e. The molecule has 0 aliphatic rings. The van der Waals surface area contributed by atoms with Gasteiger partial charge in [-0.05, 0) is 13.8 Å². The molecule has 21 heavy (non-hydrogen) atoms. The number of aromatic nitrogens is 3. The standard InChI is InChI=1S/C12H15F2N5O2/c1-7-3-11(21-18-7)17-12(20)8(2)16-9-4-15-19(5-9)6-10(13)14/h3-5,8,10,16H,6H2,1-2H3,(H,17,20). The minimum Gasteiger partial charge on any atom is -0.371 e. The fraction of sp³-hybridized carbons (Fsp3) is 0.417. The van der Waals surface area contributed by atoms with Crippen LogP contribution in [0.15, 0.2) is 23.0 Å². The van der Waals surface area contributed by atoms with Crippen LogP contribution in [0.3, 0.4) is 0 Å². The second-order valence-corrected chi connectivity index (χ2v) is 4.53. The summed E-state index contributed by atoms with van der Waals surface area (Å²) in [6.07, 6.45) is 0.312. The summed E-state index contributed by atoms with van der Waals surface area (Å²) in [7, 11) is 0. The van der Waals surface area contributed by atoms with Gasteiger partial charge in [0.05, 0.1) is 17.6 Å². The number of hydrogen-bond donors (Lipinski definition) is 2. The van der Waals surface area contributed by atoms with Gasteiger partial charge in [-0.3, -0.25) is 14.8 Å². The molecule has 9 heteroatoms. The maximum Gasteiger partial charge on any atom is 0.257 e.